The van der Waals surface area contributed by atoms with E-state index in [4.69, 9.17) is 5.11 Å². The summed E-state index contributed by atoms with van der Waals surface area (Å²) in [5.74, 6) is -0.651. The summed E-state index contributed by atoms with van der Waals surface area (Å²) in [4.78, 5) is 20.8. The van der Waals surface area contributed by atoms with Gasteiger partial charge in [0.15, 0.2) is 5.82 Å². The molecule has 0 amide bonds. The van der Waals surface area contributed by atoms with E-state index in [0.717, 1.165) is 16.8 Å². The average Bonchev–Trinajstić information content (AvgIpc) is 2.38. The lowest BCUT2D eigenvalue weighted by molar-refractivity contribution is 0.0697. The van der Waals surface area contributed by atoms with Crippen LogP contribution in [0.5, 0.6) is 0 Å². The van der Waals surface area contributed by atoms with E-state index in [-0.39, 0.29) is 5.56 Å². The molecule has 19 heavy (non-hydrogen) atoms. The average molecular weight is 257 g/mol. The number of carboxylic acid groups (broad SMARTS) is 1. The highest BCUT2D eigenvalue weighted by Gasteiger charge is 2.17. The van der Waals surface area contributed by atoms with Crippen LogP contribution in [0.15, 0.2) is 30.7 Å². The Morgan fingerprint density at radius 2 is 2.05 bits per heavy atom. The molecule has 0 aliphatic heterocycles. The molecule has 1 heterocycles. The summed E-state index contributed by atoms with van der Waals surface area (Å²) in [6.07, 6.45) is 2.66. The molecule has 0 atom stereocenters. The molecule has 0 saturated heterocycles. The molecule has 0 bridgehead atoms. The van der Waals surface area contributed by atoms with Gasteiger partial charge in [-0.15, -0.1) is 0 Å². The number of aryl methyl sites for hydroxylation is 2. The molecule has 2 rings (SSSR count). The molecule has 98 valence electrons. The third kappa shape index (κ3) is 2.54. The van der Waals surface area contributed by atoms with Crippen molar-refractivity contribution in [3.05, 3.63) is 47.4 Å². The predicted molar refractivity (Wildman–Crippen MR) is 73.0 cm³/mol. The van der Waals surface area contributed by atoms with E-state index in [2.05, 4.69) is 9.97 Å². The molecule has 5 nitrogen and oxygen atoms in total. The fourth-order valence-corrected chi connectivity index (χ4v) is 2.04. The molecule has 0 aliphatic rings. The van der Waals surface area contributed by atoms with Crippen molar-refractivity contribution >= 4 is 17.5 Å². The second-order valence-corrected chi connectivity index (χ2v) is 4.41. The zero-order valence-corrected chi connectivity index (χ0v) is 11.1. The van der Waals surface area contributed by atoms with Crippen LogP contribution in [0.25, 0.3) is 0 Å². The Bertz CT molecular complexity index is 626. The van der Waals surface area contributed by atoms with E-state index in [1.54, 1.807) is 11.9 Å². The van der Waals surface area contributed by atoms with Gasteiger partial charge in [-0.2, -0.15) is 0 Å². The Hall–Kier alpha value is -2.43. The highest BCUT2D eigenvalue weighted by Crippen LogP contribution is 2.27. The molecular formula is C14H15N3O2. The van der Waals surface area contributed by atoms with Gasteiger partial charge in [-0.25, -0.2) is 14.8 Å². The Labute approximate surface area is 111 Å². The number of carboxylic acids is 1. The van der Waals surface area contributed by atoms with Crippen molar-refractivity contribution in [2.75, 3.05) is 11.9 Å². The molecule has 0 radical (unpaired) electrons. The lowest BCUT2D eigenvalue weighted by Gasteiger charge is -2.21. The fourth-order valence-electron chi connectivity index (χ4n) is 2.04. The second kappa shape index (κ2) is 5.06. The minimum atomic E-state index is -1.03. The molecule has 1 aromatic heterocycles. The quantitative estimate of drug-likeness (QED) is 0.915. The molecule has 0 fully saturated rings. The van der Waals surface area contributed by atoms with Crippen LogP contribution in [-0.4, -0.2) is 28.1 Å². The standard InChI is InChI=1S/C14H15N3O2/c1-9-4-5-12(10(2)6-9)17(3)13-11(14(18)19)7-15-8-16-13/h4-8H,1-3H3,(H,18,19). The van der Waals surface area contributed by atoms with E-state index >= 15 is 0 Å². The molecule has 0 unspecified atom stereocenters. The number of anilines is 2. The van der Waals surface area contributed by atoms with Crippen molar-refractivity contribution in [2.45, 2.75) is 13.8 Å². The number of aromatic nitrogens is 2. The Kier molecular flexibility index (Phi) is 3.46. The van der Waals surface area contributed by atoms with Gasteiger partial charge in [-0.05, 0) is 25.5 Å². The van der Waals surface area contributed by atoms with Crippen LogP contribution in [-0.2, 0) is 0 Å². The van der Waals surface area contributed by atoms with Crippen molar-refractivity contribution in [1.82, 2.24) is 9.97 Å². The lowest BCUT2D eigenvalue weighted by atomic mass is 10.1. The van der Waals surface area contributed by atoms with Gasteiger partial charge in [-0.1, -0.05) is 17.7 Å². The van der Waals surface area contributed by atoms with Crippen molar-refractivity contribution in [3.63, 3.8) is 0 Å². The van der Waals surface area contributed by atoms with E-state index in [0.29, 0.717) is 5.82 Å². The minimum Gasteiger partial charge on any atom is -0.477 e. The van der Waals surface area contributed by atoms with E-state index in [9.17, 15) is 4.79 Å². The normalized spacial score (nSPS) is 10.3. The summed E-state index contributed by atoms with van der Waals surface area (Å²) in [6.45, 7) is 4.00. The highest BCUT2D eigenvalue weighted by atomic mass is 16.4. The van der Waals surface area contributed by atoms with E-state index in [1.165, 1.54) is 12.5 Å². The Morgan fingerprint density at radius 1 is 1.32 bits per heavy atom. The van der Waals surface area contributed by atoms with Gasteiger partial charge in [0.05, 0.1) is 0 Å². The molecule has 0 spiro atoms. The topological polar surface area (TPSA) is 66.3 Å². The van der Waals surface area contributed by atoms with Gasteiger partial charge in [-0.3, -0.25) is 0 Å². The van der Waals surface area contributed by atoms with Gasteiger partial charge in [0, 0.05) is 18.9 Å². The maximum absolute atomic E-state index is 11.2. The molecule has 5 heteroatoms. The first-order chi connectivity index (χ1) is 9.00. The van der Waals surface area contributed by atoms with Gasteiger partial charge in [0.1, 0.15) is 11.9 Å². The number of benzene rings is 1. The zero-order chi connectivity index (χ0) is 14.0. The van der Waals surface area contributed by atoms with Crippen LogP contribution in [0.2, 0.25) is 0 Å². The number of rotatable bonds is 3. The van der Waals surface area contributed by atoms with Crippen LogP contribution < -0.4 is 4.90 Å². The second-order valence-electron chi connectivity index (χ2n) is 4.41. The Balaban J connectivity index is 2.50. The van der Waals surface area contributed by atoms with Gasteiger partial charge < -0.3 is 10.0 Å². The number of aromatic carboxylic acids is 1. The molecule has 2 aromatic rings. The number of carbonyl (C=O) groups is 1. The summed E-state index contributed by atoms with van der Waals surface area (Å²) in [5.41, 5.74) is 3.24. The molecule has 1 aromatic carbocycles. The first kappa shape index (κ1) is 13.0. The lowest BCUT2D eigenvalue weighted by Crippen LogP contribution is -2.17. The SMILES string of the molecule is Cc1ccc(N(C)c2ncncc2C(=O)O)c(C)c1. The summed E-state index contributed by atoms with van der Waals surface area (Å²) in [5, 5.41) is 9.17. The maximum Gasteiger partial charge on any atom is 0.341 e. The number of nitrogens with zero attached hydrogens (tertiary/aromatic N) is 3. The van der Waals surface area contributed by atoms with Crippen LogP contribution in [0.4, 0.5) is 11.5 Å². The fraction of sp³-hybridized carbons (Fsp3) is 0.214. The summed E-state index contributed by atoms with van der Waals surface area (Å²) in [7, 11) is 1.80. The van der Waals surface area contributed by atoms with Crippen LogP contribution in [0, 0.1) is 13.8 Å². The first-order valence-electron chi connectivity index (χ1n) is 5.85. The molecule has 1 N–H and O–H groups in total. The summed E-state index contributed by atoms with van der Waals surface area (Å²) >= 11 is 0. The van der Waals surface area contributed by atoms with Crippen molar-refractivity contribution in [1.29, 1.82) is 0 Å². The van der Waals surface area contributed by atoms with Crippen LogP contribution in [0.3, 0.4) is 0 Å². The van der Waals surface area contributed by atoms with E-state index in [1.807, 2.05) is 32.0 Å². The van der Waals surface area contributed by atoms with Crippen molar-refractivity contribution < 1.29 is 9.90 Å². The molecular weight excluding hydrogens is 242 g/mol. The smallest absolute Gasteiger partial charge is 0.341 e. The van der Waals surface area contributed by atoms with E-state index < -0.39 is 5.97 Å². The third-order valence-corrected chi connectivity index (χ3v) is 2.95. The number of hydrogen-bond donors (Lipinski definition) is 1. The molecule has 0 saturated carbocycles. The maximum atomic E-state index is 11.2. The summed E-state index contributed by atoms with van der Waals surface area (Å²) in [6, 6.07) is 5.99. The van der Waals surface area contributed by atoms with Crippen LogP contribution >= 0.6 is 0 Å². The van der Waals surface area contributed by atoms with Crippen molar-refractivity contribution in [2.24, 2.45) is 0 Å². The highest BCUT2D eigenvalue weighted by molar-refractivity contribution is 5.94. The van der Waals surface area contributed by atoms with Crippen LogP contribution in [0.1, 0.15) is 21.5 Å². The van der Waals surface area contributed by atoms with Gasteiger partial charge in [0.25, 0.3) is 0 Å². The van der Waals surface area contributed by atoms with Gasteiger partial charge >= 0.3 is 5.97 Å². The minimum absolute atomic E-state index is 0.0879. The third-order valence-electron chi connectivity index (χ3n) is 2.95. The largest absolute Gasteiger partial charge is 0.477 e. The zero-order valence-electron chi connectivity index (χ0n) is 11.1. The Morgan fingerprint density at radius 3 is 2.68 bits per heavy atom. The van der Waals surface area contributed by atoms with Gasteiger partial charge in [0.2, 0.25) is 0 Å². The summed E-state index contributed by atoms with van der Waals surface area (Å²) < 4.78 is 0. The monoisotopic (exact) mass is 257 g/mol. The number of hydrogen-bond acceptors (Lipinski definition) is 4. The predicted octanol–water partition coefficient (Wildman–Crippen LogP) is 2.56. The molecule has 0 aliphatic carbocycles. The van der Waals surface area contributed by atoms with Crippen molar-refractivity contribution in [3.8, 4) is 0 Å². The first-order valence-corrected chi connectivity index (χ1v) is 5.85.